The number of halogens is 2. The van der Waals surface area contributed by atoms with E-state index in [1.165, 1.54) is 0 Å². The molecule has 1 N–H and O–H groups in total. The highest BCUT2D eigenvalue weighted by atomic mass is 35.5. The van der Waals surface area contributed by atoms with Crippen molar-refractivity contribution in [1.82, 2.24) is 10.4 Å². The number of rotatable bonds is 4. The van der Waals surface area contributed by atoms with Gasteiger partial charge in [0.25, 0.3) is 5.91 Å². The first kappa shape index (κ1) is 19.2. The fraction of sp³-hybridized carbons (Fsp3) is 0.333. The number of nitrogens with zero attached hydrogens (tertiary/aromatic N) is 1. The number of benzene rings is 2. The maximum atomic E-state index is 12.5. The number of piperidine rings is 1. The Balaban J connectivity index is 1.29. The van der Waals surface area contributed by atoms with Gasteiger partial charge in [-0.25, -0.2) is 4.79 Å². The van der Waals surface area contributed by atoms with Crippen molar-refractivity contribution in [1.29, 1.82) is 0 Å². The lowest BCUT2D eigenvalue weighted by atomic mass is 9.93. The van der Waals surface area contributed by atoms with Crippen molar-refractivity contribution < 1.29 is 14.4 Å². The van der Waals surface area contributed by atoms with Crippen LogP contribution in [-0.4, -0.2) is 36.1 Å². The van der Waals surface area contributed by atoms with Gasteiger partial charge in [0, 0.05) is 34.7 Å². The summed E-state index contributed by atoms with van der Waals surface area (Å²) < 4.78 is 0. The van der Waals surface area contributed by atoms with Crippen molar-refractivity contribution in [2.45, 2.75) is 25.3 Å². The molecule has 1 spiro atoms. The highest BCUT2D eigenvalue weighted by Crippen LogP contribution is 2.54. The van der Waals surface area contributed by atoms with Crippen LogP contribution in [0.15, 0.2) is 48.5 Å². The lowest BCUT2D eigenvalue weighted by Gasteiger charge is -2.31. The van der Waals surface area contributed by atoms with Crippen molar-refractivity contribution in [3.8, 4) is 0 Å². The molecule has 1 amide bonds. The summed E-state index contributed by atoms with van der Waals surface area (Å²) in [4.78, 5) is 30.1. The fourth-order valence-electron chi connectivity index (χ4n) is 3.80. The van der Waals surface area contributed by atoms with Crippen molar-refractivity contribution in [3.63, 3.8) is 0 Å². The lowest BCUT2D eigenvalue weighted by molar-refractivity contribution is -0.128. The molecule has 1 saturated heterocycles. The van der Waals surface area contributed by atoms with E-state index in [4.69, 9.17) is 28.0 Å². The van der Waals surface area contributed by atoms with Crippen molar-refractivity contribution in [3.05, 3.63) is 69.7 Å². The molecular weight excluding hydrogens is 399 g/mol. The van der Waals surface area contributed by atoms with Crippen molar-refractivity contribution >= 4 is 35.1 Å². The number of hydrogen-bond donors (Lipinski definition) is 1. The van der Waals surface area contributed by atoms with E-state index in [-0.39, 0.29) is 23.3 Å². The Labute approximate surface area is 173 Å². The van der Waals surface area contributed by atoms with Crippen LogP contribution >= 0.6 is 23.2 Å². The maximum Gasteiger partial charge on any atom is 0.357 e. The molecule has 1 atom stereocenters. The molecule has 1 saturated carbocycles. The van der Waals surface area contributed by atoms with Gasteiger partial charge in [0.15, 0.2) is 0 Å². The number of carbonyl (C=O) groups excluding carboxylic acids is 2. The summed E-state index contributed by atoms with van der Waals surface area (Å²) in [6.07, 6.45) is 2.68. The second kappa shape index (κ2) is 7.74. The molecule has 0 radical (unpaired) electrons. The largest absolute Gasteiger partial charge is 0.364 e. The molecule has 0 aromatic heterocycles. The number of amides is 1. The standard InChI is InChI=1S/C21H20Cl2N2O3/c22-16-10-15(11-17(23)12-16)19(26)24-18-13-21(18)6-8-25(9-7-21)28-20(27)14-4-2-1-3-5-14/h1-5,10-12,18H,6-9,13H2,(H,24,26)/t18-/m0/s1. The number of nitrogens with one attached hydrogen (secondary N) is 1. The number of hydroxylamine groups is 2. The first-order valence-electron chi connectivity index (χ1n) is 9.24. The Bertz CT molecular complexity index is 876. The molecule has 1 heterocycles. The van der Waals surface area contributed by atoms with Gasteiger partial charge in [-0.3, -0.25) is 4.79 Å². The van der Waals surface area contributed by atoms with E-state index in [1.54, 1.807) is 35.4 Å². The molecule has 0 bridgehead atoms. The Morgan fingerprint density at radius 1 is 1.00 bits per heavy atom. The van der Waals surface area contributed by atoms with E-state index in [0.717, 1.165) is 19.3 Å². The third kappa shape index (κ3) is 4.17. The molecular formula is C21H20Cl2N2O3. The molecule has 1 aliphatic carbocycles. The zero-order chi connectivity index (χ0) is 19.7. The monoisotopic (exact) mass is 418 g/mol. The average molecular weight is 419 g/mol. The molecule has 2 aromatic rings. The quantitative estimate of drug-likeness (QED) is 0.801. The summed E-state index contributed by atoms with van der Waals surface area (Å²) in [5.74, 6) is -0.501. The second-order valence-corrected chi connectivity index (χ2v) is 8.30. The van der Waals surface area contributed by atoms with Gasteiger partial charge in [-0.15, -0.1) is 5.06 Å². The number of hydrogen-bond acceptors (Lipinski definition) is 4. The SMILES string of the molecule is O=C(N[C@H]1CC12CCN(OC(=O)c1ccccc1)CC2)c1cc(Cl)cc(Cl)c1. The van der Waals surface area contributed by atoms with Gasteiger partial charge < -0.3 is 10.2 Å². The number of carbonyl (C=O) groups is 2. The fourth-order valence-corrected chi connectivity index (χ4v) is 4.32. The Morgan fingerprint density at radius 3 is 2.29 bits per heavy atom. The van der Waals surface area contributed by atoms with Gasteiger partial charge in [0.05, 0.1) is 5.56 Å². The minimum absolute atomic E-state index is 0.0910. The smallest absolute Gasteiger partial charge is 0.357 e. The zero-order valence-corrected chi connectivity index (χ0v) is 16.7. The molecule has 4 rings (SSSR count). The third-order valence-corrected chi connectivity index (χ3v) is 6.00. The molecule has 1 aliphatic heterocycles. The van der Waals surface area contributed by atoms with E-state index in [2.05, 4.69) is 5.32 Å². The summed E-state index contributed by atoms with van der Waals surface area (Å²) >= 11 is 12.0. The van der Waals surface area contributed by atoms with Crippen LogP contribution in [-0.2, 0) is 4.84 Å². The van der Waals surface area contributed by atoms with E-state index in [1.807, 2.05) is 18.2 Å². The van der Waals surface area contributed by atoms with Gasteiger partial charge in [-0.2, -0.15) is 0 Å². The van der Waals surface area contributed by atoms with Crippen LogP contribution in [0.4, 0.5) is 0 Å². The summed E-state index contributed by atoms with van der Waals surface area (Å²) in [5.41, 5.74) is 1.10. The Kier molecular flexibility index (Phi) is 5.32. The molecule has 2 fully saturated rings. The lowest BCUT2D eigenvalue weighted by Crippen LogP contribution is -2.39. The Hall–Kier alpha value is -2.08. The maximum absolute atomic E-state index is 12.5. The minimum Gasteiger partial charge on any atom is -0.364 e. The van der Waals surface area contributed by atoms with E-state index >= 15 is 0 Å². The predicted octanol–water partition coefficient (Wildman–Crippen LogP) is 4.35. The van der Waals surface area contributed by atoms with Gasteiger partial charge >= 0.3 is 5.97 Å². The van der Waals surface area contributed by atoms with Crippen LogP contribution in [0, 0.1) is 5.41 Å². The highest BCUT2D eigenvalue weighted by Gasteiger charge is 2.56. The van der Waals surface area contributed by atoms with Crippen molar-refractivity contribution in [2.75, 3.05) is 13.1 Å². The van der Waals surface area contributed by atoms with Crippen LogP contribution in [0.3, 0.4) is 0 Å². The van der Waals surface area contributed by atoms with Crippen LogP contribution in [0.25, 0.3) is 0 Å². The van der Waals surface area contributed by atoms with Crippen LogP contribution in [0.5, 0.6) is 0 Å². The van der Waals surface area contributed by atoms with E-state index < -0.39 is 0 Å². The summed E-state index contributed by atoms with van der Waals surface area (Å²) in [7, 11) is 0. The minimum atomic E-state index is -0.338. The Morgan fingerprint density at radius 2 is 1.64 bits per heavy atom. The average Bonchev–Trinajstić information content (AvgIpc) is 3.34. The molecule has 0 unspecified atom stereocenters. The summed E-state index contributed by atoms with van der Waals surface area (Å²) in [6.45, 7) is 1.32. The predicted molar refractivity (Wildman–Crippen MR) is 107 cm³/mol. The van der Waals surface area contributed by atoms with Gasteiger partial charge in [-0.05, 0) is 55.0 Å². The topological polar surface area (TPSA) is 58.6 Å². The van der Waals surface area contributed by atoms with E-state index in [9.17, 15) is 9.59 Å². The molecule has 2 aromatic carbocycles. The van der Waals surface area contributed by atoms with Gasteiger partial charge in [-0.1, -0.05) is 41.4 Å². The van der Waals surface area contributed by atoms with Crippen LogP contribution in [0.2, 0.25) is 10.0 Å². The van der Waals surface area contributed by atoms with Gasteiger partial charge in [0.2, 0.25) is 0 Å². The molecule has 28 heavy (non-hydrogen) atoms. The van der Waals surface area contributed by atoms with Crippen molar-refractivity contribution in [2.24, 2.45) is 5.41 Å². The first-order chi connectivity index (χ1) is 13.4. The third-order valence-electron chi connectivity index (χ3n) is 5.56. The normalized spacial score (nSPS) is 20.6. The van der Waals surface area contributed by atoms with E-state index in [0.29, 0.717) is 34.3 Å². The summed E-state index contributed by atoms with van der Waals surface area (Å²) in [5, 5.41) is 5.68. The highest BCUT2D eigenvalue weighted by molar-refractivity contribution is 6.35. The van der Waals surface area contributed by atoms with Gasteiger partial charge in [0.1, 0.15) is 0 Å². The first-order valence-corrected chi connectivity index (χ1v) is 10.0. The van der Waals surface area contributed by atoms with Crippen LogP contribution < -0.4 is 5.32 Å². The molecule has 7 heteroatoms. The van der Waals surface area contributed by atoms with Crippen LogP contribution in [0.1, 0.15) is 40.0 Å². The zero-order valence-electron chi connectivity index (χ0n) is 15.2. The molecule has 2 aliphatic rings. The summed E-state index contributed by atoms with van der Waals surface area (Å²) in [6, 6.07) is 13.9. The second-order valence-electron chi connectivity index (χ2n) is 7.42. The molecule has 146 valence electrons. The molecule has 5 nitrogen and oxygen atoms in total.